The summed E-state index contributed by atoms with van der Waals surface area (Å²) < 4.78 is 45.1. The number of sulfonamides is 1. The van der Waals surface area contributed by atoms with Gasteiger partial charge in [-0.2, -0.15) is 4.31 Å². The summed E-state index contributed by atoms with van der Waals surface area (Å²) in [5.41, 5.74) is 3.34. The Kier molecular flexibility index (Phi) is 13.1. The molecule has 1 saturated heterocycles. The van der Waals surface area contributed by atoms with Crippen LogP contribution in [0, 0.1) is 5.41 Å². The number of fused-ring (bicyclic) bond motifs is 1. The van der Waals surface area contributed by atoms with Crippen LogP contribution >= 0.6 is 0 Å². The van der Waals surface area contributed by atoms with Gasteiger partial charge >= 0.3 is 11.1 Å². The highest BCUT2D eigenvalue weighted by molar-refractivity contribution is 7.93. The molecule has 5 rings (SSSR count). The molecule has 0 amide bonds. The minimum Gasteiger partial charge on any atom is -0.377 e. The second-order valence-corrected chi connectivity index (χ2v) is 15.5. The van der Waals surface area contributed by atoms with Crippen LogP contribution in [0.1, 0.15) is 82.8 Å². The van der Waals surface area contributed by atoms with E-state index in [0.29, 0.717) is 60.6 Å². The summed E-state index contributed by atoms with van der Waals surface area (Å²) in [5, 5.41) is 12.2. The van der Waals surface area contributed by atoms with Crippen LogP contribution in [-0.2, 0) is 37.8 Å². The van der Waals surface area contributed by atoms with Crippen LogP contribution in [0.25, 0.3) is 11.0 Å². The Hall–Kier alpha value is -3.82. The molecular weight excluding hydrogens is 683 g/mol. The van der Waals surface area contributed by atoms with Crippen LogP contribution in [0.4, 0.5) is 0 Å². The molecule has 52 heavy (non-hydrogen) atoms. The lowest BCUT2D eigenvalue weighted by Crippen LogP contribution is -2.48. The third kappa shape index (κ3) is 8.21. The number of likely N-dealkylation sites (N-methyl/N-ethyl adjacent to an activating group) is 1. The number of rotatable bonds is 16. The Morgan fingerprint density at radius 2 is 2.02 bits per heavy atom. The number of ketones is 1. The second-order valence-electron chi connectivity index (χ2n) is 13.6. The third-order valence-electron chi connectivity index (χ3n) is 9.98. The number of nitrogens with zero attached hydrogens (tertiary/aromatic N) is 4. The van der Waals surface area contributed by atoms with Gasteiger partial charge in [0.25, 0.3) is 0 Å². The number of aromatic amines is 1. The minimum absolute atomic E-state index is 0.0446. The lowest BCUT2D eigenvalue weighted by molar-refractivity contribution is -0.732. The first-order chi connectivity index (χ1) is 25.0. The standard InChI is InChI=1S/C38H53N7O6S/c1-7-10-15-30(39)32(23-40-4)45-31(12-8-2)35-36(43(45)5)38(47)42-37(41-35)29-22-28(16-17-34(29)51-9-3)52(48,49)44-19-18-33(46)26(24-44)20-25-13-11-14-27(21-25)50-6/h11,13-14,16-17,20,22,27,29,32,34,39-40H,7-10,12,15,18-19,21,23-24H2,1-6H3/p+1. The van der Waals surface area contributed by atoms with Crippen molar-refractivity contribution in [3.63, 3.8) is 0 Å². The average Bonchev–Trinajstić information content (AvgIpc) is 3.41. The van der Waals surface area contributed by atoms with Crippen molar-refractivity contribution in [2.45, 2.75) is 89.9 Å². The van der Waals surface area contributed by atoms with Crippen LogP contribution in [0.2, 0.25) is 0 Å². The zero-order valence-corrected chi connectivity index (χ0v) is 32.1. The van der Waals surface area contributed by atoms with Crippen molar-refractivity contribution >= 4 is 32.6 Å². The van der Waals surface area contributed by atoms with E-state index in [1.165, 1.54) is 4.31 Å². The fourth-order valence-corrected chi connectivity index (χ4v) is 8.78. The number of hydrogen-bond donors (Lipinski definition) is 3. The van der Waals surface area contributed by atoms with Gasteiger partial charge < -0.3 is 25.2 Å². The van der Waals surface area contributed by atoms with Gasteiger partial charge in [-0.25, -0.2) is 13.4 Å². The number of allylic oxidation sites excluding steroid dienone is 4. The van der Waals surface area contributed by atoms with E-state index in [0.717, 1.165) is 30.5 Å². The van der Waals surface area contributed by atoms with E-state index >= 15 is 0 Å². The summed E-state index contributed by atoms with van der Waals surface area (Å²) in [4.78, 5) is 35.0. The molecule has 282 valence electrons. The van der Waals surface area contributed by atoms with E-state index in [9.17, 15) is 18.0 Å². The molecule has 0 bridgehead atoms. The van der Waals surface area contributed by atoms with Crippen LogP contribution < -0.4 is 15.6 Å². The van der Waals surface area contributed by atoms with E-state index in [1.54, 1.807) is 31.4 Å². The molecule has 3 aliphatic rings. The highest BCUT2D eigenvalue weighted by Crippen LogP contribution is 2.33. The van der Waals surface area contributed by atoms with Gasteiger partial charge in [0.1, 0.15) is 17.6 Å². The Morgan fingerprint density at radius 3 is 2.71 bits per heavy atom. The number of carbonyl (C=O) groups is 1. The summed E-state index contributed by atoms with van der Waals surface area (Å²) in [6.45, 7) is 6.93. The molecule has 0 aromatic carbocycles. The maximum absolute atomic E-state index is 14.2. The summed E-state index contributed by atoms with van der Waals surface area (Å²) in [6, 6.07) is -0.312. The number of nitrogens with one attached hydrogen (secondary N) is 3. The molecule has 1 aliphatic heterocycles. The maximum Gasteiger partial charge on any atom is 0.326 e. The lowest BCUT2D eigenvalue weighted by Gasteiger charge is -2.30. The van der Waals surface area contributed by atoms with Gasteiger partial charge in [0.05, 0.1) is 23.0 Å². The normalized spacial score (nSPS) is 22.6. The third-order valence-corrected chi connectivity index (χ3v) is 11.8. The fourth-order valence-electron chi connectivity index (χ4n) is 7.28. The highest BCUT2D eigenvalue weighted by atomic mass is 32.2. The lowest BCUT2D eigenvalue weighted by atomic mass is 9.96. The monoisotopic (exact) mass is 736 g/mol. The van der Waals surface area contributed by atoms with E-state index in [-0.39, 0.29) is 47.9 Å². The first-order valence-corrected chi connectivity index (χ1v) is 19.8. The molecule has 0 saturated carbocycles. The number of unbranched alkanes of at least 4 members (excludes halogenated alkanes) is 1. The molecule has 0 spiro atoms. The fraction of sp³-hybridized carbons (Fsp3) is 0.553. The Morgan fingerprint density at radius 1 is 1.23 bits per heavy atom. The van der Waals surface area contributed by atoms with Crippen molar-refractivity contribution in [3.8, 4) is 0 Å². The van der Waals surface area contributed by atoms with E-state index in [4.69, 9.17) is 19.9 Å². The van der Waals surface area contributed by atoms with Crippen molar-refractivity contribution in [2.24, 2.45) is 7.05 Å². The highest BCUT2D eigenvalue weighted by Gasteiger charge is 2.38. The molecule has 2 aliphatic carbocycles. The quantitative estimate of drug-likeness (QED) is 0.133. The molecule has 3 N–H and O–H groups in total. The number of Topliss-reactive ketones (excluding diaryl/α,β-unsaturated/α-hetero) is 1. The van der Waals surface area contributed by atoms with Crippen molar-refractivity contribution < 1.29 is 27.4 Å². The zero-order chi connectivity index (χ0) is 37.6. The average molecular weight is 737 g/mol. The van der Waals surface area contributed by atoms with Crippen molar-refractivity contribution in [3.05, 3.63) is 80.5 Å². The van der Waals surface area contributed by atoms with Crippen LogP contribution in [-0.4, -0.2) is 91.5 Å². The molecule has 4 atom stereocenters. The van der Waals surface area contributed by atoms with Crippen molar-refractivity contribution in [1.82, 2.24) is 24.3 Å². The summed E-state index contributed by atoms with van der Waals surface area (Å²) in [5.74, 6) is -0.486. The largest absolute Gasteiger partial charge is 0.377 e. The molecule has 4 unspecified atom stereocenters. The zero-order valence-electron chi connectivity index (χ0n) is 31.3. The molecule has 13 nitrogen and oxygen atoms in total. The summed E-state index contributed by atoms with van der Waals surface area (Å²) in [6.07, 6.45) is 16.3. The number of hydrogen-bond acceptors (Lipinski definition) is 9. The number of piperidine rings is 1. The molecule has 2 aromatic heterocycles. The van der Waals surface area contributed by atoms with Crippen LogP contribution in [0.3, 0.4) is 0 Å². The maximum atomic E-state index is 14.2. The SMILES string of the molecule is CCCCC(=N)C(CNC)n1c(CCC)c2nc(C3C=C(S(=O)(=O)N4CCC(=O)C(=CC5=CC=CC(OC)C5)C4)C=CC3OCC)[nH]c(=O)c2[n+]1C. The van der Waals surface area contributed by atoms with Gasteiger partial charge in [-0.1, -0.05) is 63.1 Å². The number of H-pyrrole nitrogens is 1. The molecule has 0 radical (unpaired) electrons. The van der Waals surface area contributed by atoms with E-state index in [2.05, 4.69) is 24.1 Å². The minimum atomic E-state index is -4.04. The van der Waals surface area contributed by atoms with Gasteiger partial charge in [-0.05, 0) is 44.9 Å². The first kappa shape index (κ1) is 39.4. The van der Waals surface area contributed by atoms with Gasteiger partial charge in [0.2, 0.25) is 10.0 Å². The Balaban J connectivity index is 1.55. The van der Waals surface area contributed by atoms with E-state index < -0.39 is 22.0 Å². The smallest absolute Gasteiger partial charge is 0.326 e. The van der Waals surface area contributed by atoms with Crippen molar-refractivity contribution in [2.75, 3.05) is 40.4 Å². The van der Waals surface area contributed by atoms with Crippen LogP contribution in [0.15, 0.2) is 63.4 Å². The van der Waals surface area contributed by atoms with Crippen molar-refractivity contribution in [1.29, 1.82) is 5.41 Å². The first-order valence-electron chi connectivity index (χ1n) is 18.4. The van der Waals surface area contributed by atoms with E-state index in [1.807, 2.05) is 48.6 Å². The predicted octanol–water partition coefficient (Wildman–Crippen LogP) is 3.85. The van der Waals surface area contributed by atoms with Gasteiger partial charge in [-0.15, -0.1) is 9.36 Å². The summed E-state index contributed by atoms with van der Waals surface area (Å²) >= 11 is 0. The van der Waals surface area contributed by atoms with Crippen LogP contribution in [0.5, 0.6) is 0 Å². The number of ether oxygens (including phenoxy) is 2. The van der Waals surface area contributed by atoms with Gasteiger partial charge in [-0.3, -0.25) is 9.59 Å². The summed E-state index contributed by atoms with van der Waals surface area (Å²) in [7, 11) is 1.27. The topological polar surface area (TPSA) is 163 Å². The molecular formula is C38H54N7O6S+. The number of carbonyl (C=O) groups excluding carboxylic acids is 1. The Labute approximate surface area is 306 Å². The second kappa shape index (κ2) is 17.3. The number of methoxy groups -OCH3 is 1. The Bertz CT molecular complexity index is 1990. The molecule has 3 heterocycles. The number of aromatic nitrogens is 4. The molecule has 2 aromatic rings. The molecule has 14 heteroatoms. The predicted molar refractivity (Wildman–Crippen MR) is 202 cm³/mol. The van der Waals surface area contributed by atoms with Gasteiger partial charge in [0.15, 0.2) is 18.3 Å². The number of aryl methyl sites for hydroxylation is 2. The van der Waals surface area contributed by atoms with Gasteiger partial charge in [0, 0.05) is 57.5 Å². The molecule has 1 fully saturated rings.